The average Bonchev–Trinajstić information content (AvgIpc) is 2.36. The van der Waals surface area contributed by atoms with Gasteiger partial charge in [0, 0.05) is 11.6 Å². The molecular weight excluding hydrogens is 234 g/mol. The lowest BCUT2D eigenvalue weighted by atomic mass is 9.87. The van der Waals surface area contributed by atoms with Gasteiger partial charge in [-0.25, -0.2) is 0 Å². The fraction of sp³-hybridized carbons (Fsp3) is 0.429. The van der Waals surface area contributed by atoms with Gasteiger partial charge in [0.05, 0.1) is 0 Å². The number of hydrogen-bond donors (Lipinski definition) is 1. The van der Waals surface area contributed by atoms with E-state index in [1.54, 1.807) is 5.54 Å². The van der Waals surface area contributed by atoms with Crippen molar-refractivity contribution in [2.45, 2.75) is 32.2 Å². The minimum atomic E-state index is 0.159. The summed E-state index contributed by atoms with van der Waals surface area (Å²) in [5.41, 5.74) is 11.2. The number of benzene rings is 1. The molecule has 1 aromatic carbocycles. The third kappa shape index (κ3) is 2.82. The third-order valence-electron chi connectivity index (χ3n) is 3.15. The molecule has 2 rings (SSSR count). The molecule has 2 N–H and O–H groups in total. The van der Waals surface area contributed by atoms with Crippen LogP contribution in [0, 0.1) is 0 Å². The Balaban J connectivity index is 2.20. The zero-order chi connectivity index (χ0) is 12.3. The van der Waals surface area contributed by atoms with Crippen molar-refractivity contribution >= 4 is 11.6 Å². The molecule has 1 aliphatic rings. The predicted molar refractivity (Wildman–Crippen MR) is 71.4 cm³/mol. The Hall–Kier alpha value is -0.990. The van der Waals surface area contributed by atoms with Gasteiger partial charge in [-0.2, -0.15) is 0 Å². The highest BCUT2D eigenvalue weighted by molar-refractivity contribution is 6.25. The Morgan fingerprint density at radius 3 is 3.18 bits per heavy atom. The fourth-order valence-corrected chi connectivity index (χ4v) is 2.27. The van der Waals surface area contributed by atoms with Crippen LogP contribution >= 0.6 is 11.6 Å². The maximum Gasteiger partial charge on any atom is 0.123 e. The lowest BCUT2D eigenvalue weighted by Gasteiger charge is -2.24. The summed E-state index contributed by atoms with van der Waals surface area (Å²) >= 11 is 5.62. The number of halogens is 1. The van der Waals surface area contributed by atoms with Crippen LogP contribution in [0.4, 0.5) is 0 Å². The summed E-state index contributed by atoms with van der Waals surface area (Å²) in [5, 5.41) is 0. The van der Waals surface area contributed by atoms with E-state index < -0.39 is 0 Å². The first-order valence-corrected chi connectivity index (χ1v) is 6.42. The molecule has 3 heteroatoms. The van der Waals surface area contributed by atoms with E-state index >= 15 is 0 Å². The van der Waals surface area contributed by atoms with Crippen molar-refractivity contribution in [2.24, 2.45) is 5.73 Å². The van der Waals surface area contributed by atoms with Crippen LogP contribution in [0.1, 0.15) is 36.9 Å². The summed E-state index contributed by atoms with van der Waals surface area (Å²) in [4.78, 5) is 0. The van der Waals surface area contributed by atoms with E-state index in [-0.39, 0.29) is 6.04 Å². The fourth-order valence-electron chi connectivity index (χ4n) is 2.21. The van der Waals surface area contributed by atoms with E-state index in [0.717, 1.165) is 30.6 Å². The van der Waals surface area contributed by atoms with Crippen molar-refractivity contribution < 1.29 is 4.74 Å². The normalized spacial score (nSPS) is 19.9. The van der Waals surface area contributed by atoms with Crippen LogP contribution in [-0.4, -0.2) is 6.61 Å². The quantitative estimate of drug-likeness (QED) is 0.892. The molecular formula is C14H18ClNO. The van der Waals surface area contributed by atoms with Crippen LogP contribution in [0.5, 0.6) is 5.75 Å². The summed E-state index contributed by atoms with van der Waals surface area (Å²) in [6.45, 7) is 2.49. The molecule has 0 aromatic heterocycles. The Kier molecular flexibility index (Phi) is 4.08. The third-order valence-corrected chi connectivity index (χ3v) is 3.52. The minimum Gasteiger partial charge on any atom is -0.489 e. The number of nitrogens with two attached hydrogens (primary N) is 1. The van der Waals surface area contributed by atoms with Crippen molar-refractivity contribution in [3.05, 3.63) is 40.4 Å². The summed E-state index contributed by atoms with van der Waals surface area (Å²) in [7, 11) is 0. The van der Waals surface area contributed by atoms with Crippen LogP contribution in [0.2, 0.25) is 0 Å². The van der Waals surface area contributed by atoms with Crippen LogP contribution in [0.3, 0.4) is 0 Å². The summed E-state index contributed by atoms with van der Waals surface area (Å²) in [6, 6.07) is 6.29. The second-order valence-corrected chi connectivity index (χ2v) is 4.79. The first kappa shape index (κ1) is 12.5. The van der Waals surface area contributed by atoms with Crippen molar-refractivity contribution in [1.29, 1.82) is 0 Å². The molecule has 0 saturated carbocycles. The number of ether oxygens (including phenoxy) is 1. The van der Waals surface area contributed by atoms with Crippen LogP contribution in [-0.2, 0) is 6.42 Å². The number of hydrogen-bond acceptors (Lipinski definition) is 2. The van der Waals surface area contributed by atoms with Gasteiger partial charge in [0.25, 0.3) is 0 Å². The highest BCUT2D eigenvalue weighted by Gasteiger charge is 2.19. The largest absolute Gasteiger partial charge is 0.489 e. The molecule has 92 valence electrons. The van der Waals surface area contributed by atoms with Crippen molar-refractivity contribution in [3.63, 3.8) is 0 Å². The molecule has 0 saturated heterocycles. The standard InChI is InChI=1S/C14H18ClNO/c1-10(8-15)9-17-14-7-3-4-11-12(14)5-2-6-13(11)16/h3-4,7-8,13H,2,5-6,9,16H2,1H3/b10-8-. The summed E-state index contributed by atoms with van der Waals surface area (Å²) in [5.74, 6) is 0.954. The van der Waals surface area contributed by atoms with Gasteiger partial charge < -0.3 is 10.5 Å². The highest BCUT2D eigenvalue weighted by Crippen LogP contribution is 2.34. The Morgan fingerprint density at radius 1 is 1.59 bits per heavy atom. The molecule has 1 aromatic rings. The molecule has 0 amide bonds. The Bertz CT molecular complexity index is 428. The molecule has 0 spiro atoms. The second-order valence-electron chi connectivity index (χ2n) is 4.57. The molecule has 2 nitrogen and oxygen atoms in total. The van der Waals surface area contributed by atoms with Gasteiger partial charge in [-0.15, -0.1) is 0 Å². The maximum absolute atomic E-state index is 6.11. The van der Waals surface area contributed by atoms with E-state index in [1.165, 1.54) is 11.1 Å². The average molecular weight is 252 g/mol. The van der Waals surface area contributed by atoms with Crippen LogP contribution in [0.15, 0.2) is 29.3 Å². The summed E-state index contributed by atoms with van der Waals surface area (Å²) < 4.78 is 5.80. The molecule has 1 atom stereocenters. The highest BCUT2D eigenvalue weighted by atomic mass is 35.5. The zero-order valence-electron chi connectivity index (χ0n) is 10.1. The van der Waals surface area contributed by atoms with Crippen molar-refractivity contribution in [3.8, 4) is 5.75 Å². The molecule has 0 radical (unpaired) electrons. The summed E-state index contributed by atoms with van der Waals surface area (Å²) in [6.07, 6.45) is 3.26. The lowest BCUT2D eigenvalue weighted by molar-refractivity contribution is 0.345. The van der Waals surface area contributed by atoms with Crippen LogP contribution in [0.25, 0.3) is 0 Å². The van der Waals surface area contributed by atoms with Gasteiger partial charge >= 0.3 is 0 Å². The van der Waals surface area contributed by atoms with Gasteiger partial charge in [0.1, 0.15) is 12.4 Å². The van der Waals surface area contributed by atoms with E-state index in [0.29, 0.717) is 6.61 Å². The molecule has 0 aliphatic heterocycles. The molecule has 0 bridgehead atoms. The Morgan fingerprint density at radius 2 is 2.41 bits per heavy atom. The second kappa shape index (κ2) is 5.56. The van der Waals surface area contributed by atoms with Crippen molar-refractivity contribution in [1.82, 2.24) is 0 Å². The van der Waals surface area contributed by atoms with Gasteiger partial charge in [-0.05, 0) is 49.0 Å². The first-order valence-electron chi connectivity index (χ1n) is 5.98. The lowest BCUT2D eigenvalue weighted by Crippen LogP contribution is -2.18. The SMILES string of the molecule is C/C(=C/Cl)COc1cccc2c1CCCC2N. The van der Waals surface area contributed by atoms with Crippen molar-refractivity contribution in [2.75, 3.05) is 6.61 Å². The van der Waals surface area contributed by atoms with Gasteiger partial charge in [0.2, 0.25) is 0 Å². The topological polar surface area (TPSA) is 35.2 Å². The van der Waals surface area contributed by atoms with E-state index in [4.69, 9.17) is 22.1 Å². The molecule has 17 heavy (non-hydrogen) atoms. The minimum absolute atomic E-state index is 0.159. The Labute approximate surface area is 107 Å². The molecule has 0 fully saturated rings. The first-order chi connectivity index (χ1) is 8.22. The molecule has 0 heterocycles. The monoisotopic (exact) mass is 251 g/mol. The molecule has 1 unspecified atom stereocenters. The number of fused-ring (bicyclic) bond motifs is 1. The van der Waals surface area contributed by atoms with Gasteiger partial charge in [-0.1, -0.05) is 23.7 Å². The van der Waals surface area contributed by atoms with Gasteiger partial charge in [0.15, 0.2) is 0 Å². The smallest absolute Gasteiger partial charge is 0.123 e. The van der Waals surface area contributed by atoms with Gasteiger partial charge in [-0.3, -0.25) is 0 Å². The predicted octanol–water partition coefficient (Wildman–Crippen LogP) is 3.54. The van der Waals surface area contributed by atoms with Crippen LogP contribution < -0.4 is 10.5 Å². The number of rotatable bonds is 3. The molecule has 1 aliphatic carbocycles. The maximum atomic E-state index is 6.11. The van der Waals surface area contributed by atoms with E-state index in [2.05, 4.69) is 6.07 Å². The zero-order valence-corrected chi connectivity index (χ0v) is 10.8. The van der Waals surface area contributed by atoms with E-state index in [9.17, 15) is 0 Å². The van der Waals surface area contributed by atoms with E-state index in [1.807, 2.05) is 19.1 Å².